The molecule has 1 aromatic carbocycles. The number of methoxy groups -OCH3 is 1. The summed E-state index contributed by atoms with van der Waals surface area (Å²) in [5, 5.41) is 12.3. The molecule has 1 N–H and O–H groups in total. The van der Waals surface area contributed by atoms with Crippen LogP contribution in [-0.4, -0.2) is 39.6 Å². The van der Waals surface area contributed by atoms with Gasteiger partial charge in [-0.05, 0) is 50.6 Å². The lowest BCUT2D eigenvalue weighted by atomic mass is 10.2. The van der Waals surface area contributed by atoms with Crippen molar-refractivity contribution in [3.8, 4) is 22.8 Å². The maximum Gasteiger partial charge on any atom is 0.230 e. The van der Waals surface area contributed by atoms with E-state index in [0.29, 0.717) is 11.0 Å². The lowest BCUT2D eigenvalue weighted by Crippen LogP contribution is -2.33. The third kappa shape index (κ3) is 4.39. The van der Waals surface area contributed by atoms with Crippen molar-refractivity contribution in [1.29, 1.82) is 0 Å². The smallest absolute Gasteiger partial charge is 0.230 e. The van der Waals surface area contributed by atoms with Gasteiger partial charge in [0.1, 0.15) is 11.5 Å². The van der Waals surface area contributed by atoms with E-state index < -0.39 is 0 Å². The fourth-order valence-corrected chi connectivity index (χ4v) is 3.43. The molecule has 0 spiro atoms. The molecule has 1 amide bonds. The van der Waals surface area contributed by atoms with Crippen molar-refractivity contribution >= 4 is 17.7 Å². The number of aryl methyl sites for hydroxylation is 1. The lowest BCUT2D eigenvalue weighted by Gasteiger charge is -2.12. The molecular formula is C20H24N4O3S. The van der Waals surface area contributed by atoms with Gasteiger partial charge >= 0.3 is 0 Å². The zero-order valence-electron chi connectivity index (χ0n) is 16.4. The Bertz CT molecular complexity index is 933. The van der Waals surface area contributed by atoms with Gasteiger partial charge in [0.05, 0.1) is 30.4 Å². The zero-order valence-corrected chi connectivity index (χ0v) is 17.2. The summed E-state index contributed by atoms with van der Waals surface area (Å²) in [6.07, 6.45) is 2.52. The van der Waals surface area contributed by atoms with Crippen LogP contribution in [0.5, 0.6) is 5.75 Å². The van der Waals surface area contributed by atoms with Crippen molar-refractivity contribution in [2.24, 2.45) is 0 Å². The summed E-state index contributed by atoms with van der Waals surface area (Å²) in [7, 11) is 1.63. The summed E-state index contributed by atoms with van der Waals surface area (Å²) in [5.74, 6) is 2.43. The van der Waals surface area contributed by atoms with Gasteiger partial charge in [0.25, 0.3) is 0 Å². The Hall–Kier alpha value is -2.74. The second kappa shape index (κ2) is 8.97. The minimum Gasteiger partial charge on any atom is -0.497 e. The largest absolute Gasteiger partial charge is 0.497 e. The highest BCUT2D eigenvalue weighted by atomic mass is 32.2. The first-order valence-corrected chi connectivity index (χ1v) is 10.1. The number of amides is 1. The molecule has 0 aliphatic heterocycles. The molecular weight excluding hydrogens is 376 g/mol. The molecule has 0 fully saturated rings. The van der Waals surface area contributed by atoms with Crippen LogP contribution in [0.15, 0.2) is 46.2 Å². The first kappa shape index (κ1) is 20.0. The maximum absolute atomic E-state index is 12.2. The molecule has 0 saturated heterocycles. The molecule has 3 aromatic rings. The Morgan fingerprint density at radius 2 is 2.04 bits per heavy atom. The number of ether oxygens (including phenoxy) is 1. The summed E-state index contributed by atoms with van der Waals surface area (Å²) in [6.45, 7) is 5.91. The van der Waals surface area contributed by atoms with E-state index in [1.807, 2.05) is 55.7 Å². The molecule has 0 aliphatic carbocycles. The molecule has 7 nitrogen and oxygen atoms in total. The van der Waals surface area contributed by atoms with Gasteiger partial charge in [0.15, 0.2) is 11.0 Å². The Kier molecular flexibility index (Phi) is 6.41. The lowest BCUT2D eigenvalue weighted by molar-refractivity contribution is -0.119. The number of carbonyl (C=O) groups excluding carboxylic acids is 1. The van der Waals surface area contributed by atoms with Gasteiger partial charge in [0, 0.05) is 6.04 Å². The molecule has 1 unspecified atom stereocenters. The number of nitrogens with zero attached hydrogens (tertiary/aromatic N) is 3. The molecule has 0 saturated carbocycles. The normalized spacial score (nSPS) is 12.0. The van der Waals surface area contributed by atoms with Crippen LogP contribution in [0.25, 0.3) is 17.1 Å². The van der Waals surface area contributed by atoms with Crippen molar-refractivity contribution in [3.05, 3.63) is 42.4 Å². The summed E-state index contributed by atoms with van der Waals surface area (Å²) in [6, 6.07) is 9.64. The minimum absolute atomic E-state index is 0.0235. The number of rotatable bonds is 8. The first-order chi connectivity index (χ1) is 13.5. The van der Waals surface area contributed by atoms with Gasteiger partial charge in [-0.3, -0.25) is 9.36 Å². The Labute approximate surface area is 168 Å². The number of thioether (sulfide) groups is 1. The molecule has 0 bridgehead atoms. The third-order valence-electron chi connectivity index (χ3n) is 4.42. The summed E-state index contributed by atoms with van der Waals surface area (Å²) >= 11 is 1.35. The molecule has 0 aliphatic rings. The fraction of sp³-hybridized carbons (Fsp3) is 0.350. The molecule has 3 rings (SSSR count). The second-order valence-corrected chi connectivity index (χ2v) is 7.34. The SMILES string of the molecule is CCC(C)NC(=O)CSc1nnc(-c2ccoc2C)n1-c1ccc(OC)cc1. The van der Waals surface area contributed by atoms with Crippen molar-refractivity contribution in [2.45, 2.75) is 38.4 Å². The van der Waals surface area contributed by atoms with E-state index in [4.69, 9.17) is 9.15 Å². The molecule has 1 atom stereocenters. The van der Waals surface area contributed by atoms with E-state index in [1.54, 1.807) is 13.4 Å². The van der Waals surface area contributed by atoms with Crippen LogP contribution in [0.3, 0.4) is 0 Å². The predicted octanol–water partition coefficient (Wildman–Crippen LogP) is 3.85. The molecule has 0 radical (unpaired) electrons. The number of furan rings is 1. The van der Waals surface area contributed by atoms with Crippen molar-refractivity contribution in [3.63, 3.8) is 0 Å². The molecule has 2 aromatic heterocycles. The van der Waals surface area contributed by atoms with Crippen LogP contribution in [0.1, 0.15) is 26.0 Å². The molecule has 8 heteroatoms. The topological polar surface area (TPSA) is 82.2 Å². The van der Waals surface area contributed by atoms with Crippen LogP contribution in [0.4, 0.5) is 0 Å². The number of nitrogens with one attached hydrogen (secondary N) is 1. The molecule has 28 heavy (non-hydrogen) atoms. The van der Waals surface area contributed by atoms with Crippen LogP contribution in [0.2, 0.25) is 0 Å². The van der Waals surface area contributed by atoms with E-state index in [9.17, 15) is 4.79 Å². The number of carbonyl (C=O) groups is 1. The van der Waals surface area contributed by atoms with Crippen molar-refractivity contribution in [1.82, 2.24) is 20.1 Å². The van der Waals surface area contributed by atoms with Gasteiger partial charge in [-0.1, -0.05) is 18.7 Å². The number of hydrogen-bond donors (Lipinski definition) is 1. The van der Waals surface area contributed by atoms with E-state index in [0.717, 1.165) is 29.2 Å². The van der Waals surface area contributed by atoms with Crippen molar-refractivity contribution in [2.75, 3.05) is 12.9 Å². The van der Waals surface area contributed by atoms with Gasteiger partial charge in [-0.15, -0.1) is 10.2 Å². The quantitative estimate of drug-likeness (QED) is 0.579. The van der Waals surface area contributed by atoms with Gasteiger partial charge in [-0.25, -0.2) is 0 Å². The third-order valence-corrected chi connectivity index (χ3v) is 5.34. The molecule has 2 heterocycles. The van der Waals surface area contributed by atoms with E-state index in [2.05, 4.69) is 15.5 Å². The molecule has 148 valence electrons. The number of hydrogen-bond acceptors (Lipinski definition) is 6. The Morgan fingerprint density at radius 1 is 1.29 bits per heavy atom. The standard InChI is InChI=1S/C20H24N4O3S/c1-5-13(2)21-18(25)12-28-20-23-22-19(17-10-11-27-14(17)3)24(20)15-6-8-16(26-4)9-7-15/h6-11,13H,5,12H2,1-4H3,(H,21,25). The summed E-state index contributed by atoms with van der Waals surface area (Å²) < 4.78 is 12.6. The Morgan fingerprint density at radius 3 is 2.64 bits per heavy atom. The number of aromatic nitrogens is 3. The van der Waals surface area contributed by atoms with Gasteiger partial charge in [0.2, 0.25) is 5.91 Å². The fourth-order valence-electron chi connectivity index (χ4n) is 2.67. The highest BCUT2D eigenvalue weighted by Crippen LogP contribution is 2.30. The first-order valence-electron chi connectivity index (χ1n) is 9.10. The number of benzene rings is 1. The van der Waals surface area contributed by atoms with Crippen LogP contribution >= 0.6 is 11.8 Å². The van der Waals surface area contributed by atoms with E-state index in [1.165, 1.54) is 11.8 Å². The van der Waals surface area contributed by atoms with Crippen molar-refractivity contribution < 1.29 is 13.9 Å². The van der Waals surface area contributed by atoms with E-state index in [-0.39, 0.29) is 17.7 Å². The average molecular weight is 401 g/mol. The maximum atomic E-state index is 12.2. The predicted molar refractivity (Wildman–Crippen MR) is 109 cm³/mol. The highest BCUT2D eigenvalue weighted by Gasteiger charge is 2.20. The highest BCUT2D eigenvalue weighted by molar-refractivity contribution is 7.99. The average Bonchev–Trinajstić information content (AvgIpc) is 3.31. The van der Waals surface area contributed by atoms with Crippen LogP contribution in [0, 0.1) is 6.92 Å². The Balaban J connectivity index is 1.92. The minimum atomic E-state index is -0.0235. The van der Waals surface area contributed by atoms with Crippen LogP contribution < -0.4 is 10.1 Å². The van der Waals surface area contributed by atoms with Gasteiger partial charge in [-0.2, -0.15) is 0 Å². The second-order valence-electron chi connectivity index (χ2n) is 6.40. The monoisotopic (exact) mass is 400 g/mol. The van der Waals surface area contributed by atoms with Crippen LogP contribution in [-0.2, 0) is 4.79 Å². The van der Waals surface area contributed by atoms with E-state index >= 15 is 0 Å². The van der Waals surface area contributed by atoms with Gasteiger partial charge < -0.3 is 14.5 Å². The summed E-state index contributed by atoms with van der Waals surface area (Å²) in [5.41, 5.74) is 1.74. The zero-order chi connectivity index (χ0) is 20.1. The summed E-state index contributed by atoms with van der Waals surface area (Å²) in [4.78, 5) is 12.2.